The van der Waals surface area contributed by atoms with Crippen molar-refractivity contribution in [3.8, 4) is 0 Å². The predicted octanol–water partition coefficient (Wildman–Crippen LogP) is 5.62. The highest BCUT2D eigenvalue weighted by atomic mass is 16.3. The first kappa shape index (κ1) is 22.8. The Morgan fingerprint density at radius 1 is 1.00 bits per heavy atom. The van der Waals surface area contributed by atoms with E-state index in [1.807, 2.05) is 0 Å². The smallest absolute Gasteiger partial charge is 0.133 e. The Morgan fingerprint density at radius 3 is 2.40 bits per heavy atom. The molecule has 4 saturated carbocycles. The molecule has 0 heterocycles. The van der Waals surface area contributed by atoms with Crippen LogP contribution in [0.25, 0.3) is 0 Å². The SMILES string of the molecule is CC(C)[C@H](O)CC[C@H](C)[C@H]1CC[C@H]2[C@@H]3[C@H](O)C[C@H]4CC(=O)CC[C@]4(C)[C@H]3CC[C@]12C. The van der Waals surface area contributed by atoms with E-state index in [1.165, 1.54) is 25.7 Å². The van der Waals surface area contributed by atoms with Crippen LogP contribution in [-0.4, -0.2) is 28.2 Å². The average molecular weight is 419 g/mol. The standard InChI is InChI=1S/C27H46O3/c1-16(2)23(29)9-6-17(3)20-7-8-21-25-22(11-13-27(20,21)5)26(4)12-10-19(28)14-18(26)15-24(25)30/h16-18,20-25,29-30H,6-15H2,1-5H3/t17-,18+,20+,21-,22-,23+,24+,25-,26-,27+/m0/s1. The van der Waals surface area contributed by atoms with Gasteiger partial charge in [-0.05, 0) is 104 Å². The lowest BCUT2D eigenvalue weighted by Gasteiger charge is -2.62. The fourth-order valence-electron chi connectivity index (χ4n) is 8.96. The molecule has 0 aromatic rings. The molecule has 4 fully saturated rings. The Bertz CT molecular complexity index is 644. The minimum absolute atomic E-state index is 0.181. The quantitative estimate of drug-likeness (QED) is 0.609. The van der Waals surface area contributed by atoms with Crippen LogP contribution in [0.4, 0.5) is 0 Å². The highest BCUT2D eigenvalue weighted by molar-refractivity contribution is 5.79. The summed E-state index contributed by atoms with van der Waals surface area (Å²) >= 11 is 0. The molecular formula is C27H46O3. The first-order valence-electron chi connectivity index (χ1n) is 13.0. The van der Waals surface area contributed by atoms with E-state index in [-0.39, 0.29) is 17.6 Å². The zero-order valence-electron chi connectivity index (χ0n) is 20.1. The summed E-state index contributed by atoms with van der Waals surface area (Å²) in [6, 6.07) is 0. The van der Waals surface area contributed by atoms with Crippen LogP contribution in [0.5, 0.6) is 0 Å². The summed E-state index contributed by atoms with van der Waals surface area (Å²) < 4.78 is 0. The number of carbonyl (C=O) groups is 1. The molecule has 0 aliphatic heterocycles. The van der Waals surface area contributed by atoms with Crippen molar-refractivity contribution >= 4 is 5.78 Å². The summed E-state index contributed by atoms with van der Waals surface area (Å²) in [6.45, 7) is 11.6. The fourth-order valence-corrected chi connectivity index (χ4v) is 8.96. The zero-order chi connectivity index (χ0) is 21.8. The first-order valence-corrected chi connectivity index (χ1v) is 13.0. The highest BCUT2D eigenvalue weighted by Gasteiger charge is 2.62. The van der Waals surface area contributed by atoms with Gasteiger partial charge in [0.2, 0.25) is 0 Å². The minimum Gasteiger partial charge on any atom is -0.393 e. The van der Waals surface area contributed by atoms with Crippen molar-refractivity contribution < 1.29 is 15.0 Å². The molecule has 4 rings (SSSR count). The third-order valence-electron chi connectivity index (χ3n) is 10.9. The van der Waals surface area contributed by atoms with Gasteiger partial charge in [0.05, 0.1) is 12.2 Å². The molecule has 2 N–H and O–H groups in total. The molecule has 0 amide bonds. The number of ketones is 1. The Balaban J connectivity index is 1.51. The van der Waals surface area contributed by atoms with Crippen LogP contribution in [-0.2, 0) is 4.79 Å². The van der Waals surface area contributed by atoms with Crippen LogP contribution in [0.3, 0.4) is 0 Å². The third-order valence-corrected chi connectivity index (χ3v) is 10.9. The van der Waals surface area contributed by atoms with Gasteiger partial charge in [0, 0.05) is 12.8 Å². The van der Waals surface area contributed by atoms with E-state index < -0.39 is 0 Å². The van der Waals surface area contributed by atoms with E-state index >= 15 is 0 Å². The summed E-state index contributed by atoms with van der Waals surface area (Å²) in [5.41, 5.74) is 0.586. The second-order valence-corrected chi connectivity index (χ2v) is 12.6. The summed E-state index contributed by atoms with van der Waals surface area (Å²) in [5, 5.41) is 21.6. The van der Waals surface area contributed by atoms with E-state index in [1.54, 1.807) is 0 Å². The van der Waals surface area contributed by atoms with Crippen LogP contribution >= 0.6 is 0 Å². The van der Waals surface area contributed by atoms with Crippen LogP contribution in [0.15, 0.2) is 0 Å². The summed E-state index contributed by atoms with van der Waals surface area (Å²) in [4.78, 5) is 12.1. The number of rotatable bonds is 5. The van der Waals surface area contributed by atoms with Gasteiger partial charge in [0.25, 0.3) is 0 Å². The molecule has 172 valence electrons. The summed E-state index contributed by atoms with van der Waals surface area (Å²) in [5.74, 6) is 4.16. The maximum absolute atomic E-state index is 12.1. The lowest BCUT2D eigenvalue weighted by molar-refractivity contribution is -0.169. The molecular weight excluding hydrogens is 372 g/mol. The molecule has 0 spiro atoms. The topological polar surface area (TPSA) is 57.5 Å². The predicted molar refractivity (Wildman–Crippen MR) is 121 cm³/mol. The lowest BCUT2D eigenvalue weighted by atomic mass is 9.44. The maximum Gasteiger partial charge on any atom is 0.133 e. The number of aliphatic hydroxyl groups excluding tert-OH is 2. The second kappa shape index (κ2) is 8.18. The molecule has 4 aliphatic carbocycles. The average Bonchev–Trinajstić information content (AvgIpc) is 3.04. The summed E-state index contributed by atoms with van der Waals surface area (Å²) in [6.07, 6.45) is 10.0. The lowest BCUT2D eigenvalue weighted by Crippen LogP contribution is -2.58. The molecule has 0 radical (unpaired) electrons. The van der Waals surface area contributed by atoms with Gasteiger partial charge in [-0.25, -0.2) is 0 Å². The second-order valence-electron chi connectivity index (χ2n) is 12.6. The van der Waals surface area contributed by atoms with E-state index in [4.69, 9.17) is 0 Å². The Morgan fingerprint density at radius 2 is 1.70 bits per heavy atom. The molecule has 3 heteroatoms. The minimum atomic E-state index is -0.222. The van der Waals surface area contributed by atoms with Crippen molar-refractivity contribution in [3.05, 3.63) is 0 Å². The maximum atomic E-state index is 12.1. The highest BCUT2D eigenvalue weighted by Crippen LogP contribution is 2.68. The van der Waals surface area contributed by atoms with E-state index in [9.17, 15) is 15.0 Å². The van der Waals surface area contributed by atoms with Gasteiger partial charge in [-0.2, -0.15) is 0 Å². The number of fused-ring (bicyclic) bond motifs is 5. The first-order chi connectivity index (χ1) is 14.1. The summed E-state index contributed by atoms with van der Waals surface area (Å²) in [7, 11) is 0. The number of Topliss-reactive ketones (excluding diaryl/α,β-unsaturated/α-hetero) is 1. The van der Waals surface area contributed by atoms with Crippen molar-refractivity contribution in [1.29, 1.82) is 0 Å². The van der Waals surface area contributed by atoms with Crippen molar-refractivity contribution in [2.24, 2.45) is 52.3 Å². The number of hydrogen-bond donors (Lipinski definition) is 2. The Labute approximate surface area is 184 Å². The molecule has 0 saturated heterocycles. The van der Waals surface area contributed by atoms with Gasteiger partial charge in [0.15, 0.2) is 0 Å². The van der Waals surface area contributed by atoms with E-state index in [2.05, 4.69) is 34.6 Å². The van der Waals surface area contributed by atoms with Gasteiger partial charge in [0.1, 0.15) is 5.78 Å². The van der Waals surface area contributed by atoms with Gasteiger partial charge in [-0.1, -0.05) is 34.6 Å². The molecule has 4 aliphatic rings. The molecule has 30 heavy (non-hydrogen) atoms. The monoisotopic (exact) mass is 418 g/mol. The van der Waals surface area contributed by atoms with Crippen molar-refractivity contribution in [1.82, 2.24) is 0 Å². The van der Waals surface area contributed by atoms with E-state index in [0.717, 1.165) is 32.1 Å². The van der Waals surface area contributed by atoms with Gasteiger partial charge >= 0.3 is 0 Å². The van der Waals surface area contributed by atoms with Crippen LogP contribution in [0.1, 0.15) is 98.8 Å². The molecule has 0 bridgehead atoms. The molecule has 0 aromatic carbocycles. The normalized spacial score (nSPS) is 48.1. The van der Waals surface area contributed by atoms with Crippen molar-refractivity contribution in [2.45, 2.75) is 111 Å². The number of hydrogen-bond acceptors (Lipinski definition) is 3. The molecule has 10 atom stereocenters. The third kappa shape index (κ3) is 3.60. The zero-order valence-corrected chi connectivity index (χ0v) is 20.1. The van der Waals surface area contributed by atoms with Crippen LogP contribution in [0.2, 0.25) is 0 Å². The molecule has 3 nitrogen and oxygen atoms in total. The van der Waals surface area contributed by atoms with Crippen molar-refractivity contribution in [3.63, 3.8) is 0 Å². The van der Waals surface area contributed by atoms with Gasteiger partial charge < -0.3 is 10.2 Å². The van der Waals surface area contributed by atoms with E-state index in [0.29, 0.717) is 59.0 Å². The fraction of sp³-hybridized carbons (Fsp3) is 0.963. The number of carbonyl (C=O) groups excluding carboxylic acids is 1. The Hall–Kier alpha value is -0.410. The molecule has 0 aromatic heterocycles. The largest absolute Gasteiger partial charge is 0.393 e. The Kier molecular flexibility index (Phi) is 6.21. The van der Waals surface area contributed by atoms with Gasteiger partial charge in [-0.15, -0.1) is 0 Å². The van der Waals surface area contributed by atoms with Crippen LogP contribution in [0, 0.1) is 52.3 Å². The van der Waals surface area contributed by atoms with Gasteiger partial charge in [-0.3, -0.25) is 4.79 Å². The van der Waals surface area contributed by atoms with Crippen molar-refractivity contribution in [2.75, 3.05) is 0 Å². The molecule has 0 unspecified atom stereocenters. The van der Waals surface area contributed by atoms with Crippen LogP contribution < -0.4 is 0 Å². The number of aliphatic hydroxyl groups is 2.